The minimum absolute atomic E-state index is 0.0430. The Morgan fingerprint density at radius 1 is 1.07 bits per heavy atom. The summed E-state index contributed by atoms with van der Waals surface area (Å²) in [5.41, 5.74) is 1.64. The highest BCUT2D eigenvalue weighted by atomic mass is 16.6. The van der Waals surface area contributed by atoms with Crippen molar-refractivity contribution in [3.05, 3.63) is 35.4 Å². The van der Waals surface area contributed by atoms with Crippen LogP contribution < -0.4 is 10.6 Å². The fourth-order valence-corrected chi connectivity index (χ4v) is 2.61. The van der Waals surface area contributed by atoms with Gasteiger partial charge in [0.05, 0.1) is 12.5 Å². The summed E-state index contributed by atoms with van der Waals surface area (Å²) in [6.45, 7) is 11.1. The highest BCUT2D eigenvalue weighted by Crippen LogP contribution is 2.22. The molecule has 0 spiro atoms. The van der Waals surface area contributed by atoms with Crippen LogP contribution in [0.1, 0.15) is 65.1 Å². The van der Waals surface area contributed by atoms with Crippen molar-refractivity contribution < 1.29 is 23.9 Å². The van der Waals surface area contributed by atoms with Crippen molar-refractivity contribution in [2.75, 3.05) is 13.2 Å². The summed E-state index contributed by atoms with van der Waals surface area (Å²) in [4.78, 5) is 35.5. The number of alkyl carbamates (subject to hydrolysis) is 1. The van der Waals surface area contributed by atoms with Crippen molar-refractivity contribution in [1.29, 1.82) is 0 Å². The highest BCUT2D eigenvalue weighted by Gasteiger charge is 2.19. The number of ether oxygens (including phenoxy) is 2. The molecule has 0 radical (unpaired) electrons. The van der Waals surface area contributed by atoms with Crippen LogP contribution in [0.3, 0.4) is 0 Å². The zero-order chi connectivity index (χ0) is 22.0. The Hall–Kier alpha value is -2.57. The first kappa shape index (κ1) is 24.5. The van der Waals surface area contributed by atoms with Gasteiger partial charge in [-0.15, -0.1) is 0 Å². The van der Waals surface area contributed by atoms with Crippen molar-refractivity contribution in [3.8, 4) is 0 Å². The second kappa shape index (κ2) is 11.4. The Balaban J connectivity index is 2.41. The van der Waals surface area contributed by atoms with Gasteiger partial charge in [-0.05, 0) is 44.2 Å². The molecule has 0 heterocycles. The van der Waals surface area contributed by atoms with Crippen LogP contribution in [-0.4, -0.2) is 36.7 Å². The van der Waals surface area contributed by atoms with E-state index < -0.39 is 17.7 Å². The lowest BCUT2D eigenvalue weighted by molar-refractivity contribution is -0.148. The van der Waals surface area contributed by atoms with E-state index in [0.717, 1.165) is 12.0 Å². The molecule has 7 heteroatoms. The number of rotatable bonds is 9. The molecular weight excluding hydrogens is 372 g/mol. The third-order valence-corrected chi connectivity index (χ3v) is 4.09. The monoisotopic (exact) mass is 406 g/mol. The number of carbonyl (C=O) groups is 3. The van der Waals surface area contributed by atoms with Crippen LogP contribution in [-0.2, 0) is 25.5 Å². The van der Waals surface area contributed by atoms with E-state index in [4.69, 9.17) is 9.47 Å². The topological polar surface area (TPSA) is 93.7 Å². The van der Waals surface area contributed by atoms with Gasteiger partial charge in [-0.1, -0.05) is 45.0 Å². The summed E-state index contributed by atoms with van der Waals surface area (Å²) in [6, 6.07) is 7.96. The molecule has 0 aliphatic rings. The van der Waals surface area contributed by atoms with Gasteiger partial charge in [-0.2, -0.15) is 0 Å². The summed E-state index contributed by atoms with van der Waals surface area (Å²) < 4.78 is 10.1. The van der Waals surface area contributed by atoms with Crippen molar-refractivity contribution in [2.45, 2.75) is 66.0 Å². The van der Waals surface area contributed by atoms with Crippen molar-refractivity contribution in [1.82, 2.24) is 10.6 Å². The molecule has 1 atom stereocenters. The number of benzene rings is 1. The van der Waals surface area contributed by atoms with E-state index in [0.29, 0.717) is 0 Å². The average molecular weight is 407 g/mol. The quantitative estimate of drug-likeness (QED) is 0.612. The van der Waals surface area contributed by atoms with Crippen LogP contribution in [0.4, 0.5) is 4.79 Å². The predicted molar refractivity (Wildman–Crippen MR) is 111 cm³/mol. The average Bonchev–Trinajstić information content (AvgIpc) is 2.63. The molecule has 162 valence electrons. The molecule has 1 aromatic rings. The van der Waals surface area contributed by atoms with Gasteiger partial charge in [0.1, 0.15) is 5.60 Å². The van der Waals surface area contributed by atoms with Crippen LogP contribution >= 0.6 is 0 Å². The number of esters is 1. The number of aryl methyl sites for hydroxylation is 1. The van der Waals surface area contributed by atoms with Crippen molar-refractivity contribution >= 4 is 18.0 Å². The zero-order valence-corrected chi connectivity index (χ0v) is 18.3. The number of nitrogens with one attached hydrogen (secondary N) is 2. The van der Waals surface area contributed by atoms with Gasteiger partial charge < -0.3 is 20.1 Å². The van der Waals surface area contributed by atoms with Gasteiger partial charge in [-0.3, -0.25) is 9.59 Å². The Bertz CT molecular complexity index is 677. The summed E-state index contributed by atoms with van der Waals surface area (Å²) in [5.74, 6) is -0.749. The van der Waals surface area contributed by atoms with Gasteiger partial charge in [0, 0.05) is 6.54 Å². The van der Waals surface area contributed by atoms with Crippen LogP contribution in [0, 0.1) is 5.92 Å². The first-order valence-corrected chi connectivity index (χ1v) is 10.0. The maximum Gasteiger partial charge on any atom is 0.407 e. The molecule has 1 aromatic carbocycles. The van der Waals surface area contributed by atoms with E-state index in [1.165, 1.54) is 5.56 Å². The van der Waals surface area contributed by atoms with E-state index in [9.17, 15) is 14.4 Å². The minimum Gasteiger partial charge on any atom is -0.456 e. The lowest BCUT2D eigenvalue weighted by Crippen LogP contribution is -2.36. The third-order valence-electron chi connectivity index (χ3n) is 4.09. The summed E-state index contributed by atoms with van der Waals surface area (Å²) in [6.07, 6.45) is 0.313. The van der Waals surface area contributed by atoms with E-state index in [-0.39, 0.29) is 37.4 Å². The molecule has 29 heavy (non-hydrogen) atoms. The molecule has 0 saturated heterocycles. The maximum absolute atomic E-state index is 12.2. The number of hydrogen-bond donors (Lipinski definition) is 2. The molecule has 2 N–H and O–H groups in total. The fraction of sp³-hybridized carbons (Fsp3) is 0.591. The second-order valence-corrected chi connectivity index (χ2v) is 8.22. The molecule has 0 saturated carbocycles. The van der Waals surface area contributed by atoms with Crippen LogP contribution in [0.2, 0.25) is 0 Å². The summed E-state index contributed by atoms with van der Waals surface area (Å²) in [5, 5.41) is 5.39. The van der Waals surface area contributed by atoms with Crippen molar-refractivity contribution in [2.24, 2.45) is 5.92 Å². The SMILES string of the molecule is CCc1ccc([C@@H](NC(=O)COC(=O)CCNC(=O)OC(C)(C)C)C(C)C)cc1. The Labute approximate surface area is 173 Å². The standard InChI is InChI=1S/C22H34N2O5/c1-7-16-8-10-17(11-9-16)20(15(2)3)24-18(25)14-28-19(26)12-13-23-21(27)29-22(4,5)6/h8-11,15,20H,7,12-14H2,1-6H3,(H,23,27)(H,24,25)/t20-/m0/s1. The first-order valence-electron chi connectivity index (χ1n) is 10.0. The molecule has 1 rings (SSSR count). The smallest absolute Gasteiger partial charge is 0.407 e. The Kier molecular flexibility index (Phi) is 9.65. The highest BCUT2D eigenvalue weighted by molar-refractivity contribution is 5.81. The number of carbonyl (C=O) groups excluding carboxylic acids is 3. The van der Waals surface area contributed by atoms with Crippen LogP contribution in [0.5, 0.6) is 0 Å². The molecule has 0 unspecified atom stereocenters. The first-order chi connectivity index (χ1) is 13.5. The van der Waals surface area contributed by atoms with E-state index in [1.54, 1.807) is 20.8 Å². The molecule has 0 bridgehead atoms. The van der Waals surface area contributed by atoms with Gasteiger partial charge in [0.15, 0.2) is 6.61 Å². The normalized spacial score (nSPS) is 12.2. The zero-order valence-electron chi connectivity index (χ0n) is 18.3. The van der Waals surface area contributed by atoms with E-state index >= 15 is 0 Å². The van der Waals surface area contributed by atoms with E-state index in [1.807, 2.05) is 26.0 Å². The minimum atomic E-state index is -0.605. The van der Waals surface area contributed by atoms with Crippen LogP contribution in [0.15, 0.2) is 24.3 Å². The molecule has 0 aliphatic carbocycles. The molecule has 0 aliphatic heterocycles. The van der Waals surface area contributed by atoms with E-state index in [2.05, 4.69) is 29.7 Å². The lowest BCUT2D eigenvalue weighted by Gasteiger charge is -2.23. The molecule has 0 fully saturated rings. The largest absolute Gasteiger partial charge is 0.456 e. The third kappa shape index (κ3) is 9.96. The summed E-state index contributed by atoms with van der Waals surface area (Å²) >= 11 is 0. The lowest BCUT2D eigenvalue weighted by atomic mass is 9.95. The molecular formula is C22H34N2O5. The molecule has 7 nitrogen and oxygen atoms in total. The van der Waals surface area contributed by atoms with Gasteiger partial charge in [-0.25, -0.2) is 4.79 Å². The van der Waals surface area contributed by atoms with Gasteiger partial charge in [0.2, 0.25) is 0 Å². The predicted octanol–water partition coefficient (Wildman–Crippen LogP) is 3.52. The molecule has 2 amide bonds. The fourth-order valence-electron chi connectivity index (χ4n) is 2.61. The Morgan fingerprint density at radius 3 is 2.21 bits per heavy atom. The maximum atomic E-state index is 12.2. The number of amides is 2. The molecule has 0 aromatic heterocycles. The second-order valence-electron chi connectivity index (χ2n) is 8.22. The van der Waals surface area contributed by atoms with Crippen LogP contribution in [0.25, 0.3) is 0 Å². The number of hydrogen-bond acceptors (Lipinski definition) is 5. The summed E-state index contributed by atoms with van der Waals surface area (Å²) in [7, 11) is 0. The van der Waals surface area contributed by atoms with Gasteiger partial charge >= 0.3 is 12.1 Å². The Morgan fingerprint density at radius 2 is 1.69 bits per heavy atom. The van der Waals surface area contributed by atoms with Crippen molar-refractivity contribution in [3.63, 3.8) is 0 Å². The van der Waals surface area contributed by atoms with Gasteiger partial charge in [0.25, 0.3) is 5.91 Å².